The van der Waals surface area contributed by atoms with E-state index in [9.17, 15) is 0 Å². The van der Waals surface area contributed by atoms with Gasteiger partial charge < -0.3 is 25.5 Å². The fourth-order valence-electron chi connectivity index (χ4n) is 3.75. The third kappa shape index (κ3) is 5.02. The highest BCUT2D eigenvalue weighted by molar-refractivity contribution is 7.13. The lowest BCUT2D eigenvalue weighted by Crippen LogP contribution is -2.32. The second-order valence-electron chi connectivity index (χ2n) is 7.60. The zero-order valence-electron chi connectivity index (χ0n) is 16.7. The van der Waals surface area contributed by atoms with E-state index in [4.69, 9.17) is 14.9 Å². The first-order chi connectivity index (χ1) is 14.2. The summed E-state index contributed by atoms with van der Waals surface area (Å²) in [7, 11) is 0. The SMILES string of the molecule is Cc1nsc2nc(N/C(C=N)=C/NC3CCOCC3)nc(OC3CCCCC3)c12. The van der Waals surface area contributed by atoms with Crippen molar-refractivity contribution < 1.29 is 9.47 Å². The molecule has 0 unspecified atom stereocenters. The van der Waals surface area contributed by atoms with Crippen molar-refractivity contribution in [2.75, 3.05) is 18.5 Å². The van der Waals surface area contributed by atoms with Gasteiger partial charge in [-0.15, -0.1) is 0 Å². The Hall–Kier alpha value is -2.26. The Morgan fingerprint density at radius 3 is 2.72 bits per heavy atom. The number of allylic oxidation sites excluding steroid dienone is 1. The molecular formula is C20H28N6O2S. The molecule has 2 aromatic heterocycles. The van der Waals surface area contributed by atoms with Crippen LogP contribution >= 0.6 is 11.5 Å². The Labute approximate surface area is 174 Å². The summed E-state index contributed by atoms with van der Waals surface area (Å²) in [5.41, 5.74) is 1.49. The van der Waals surface area contributed by atoms with Gasteiger partial charge in [-0.05, 0) is 57.0 Å². The number of anilines is 1. The predicted molar refractivity (Wildman–Crippen MR) is 115 cm³/mol. The second-order valence-corrected chi connectivity index (χ2v) is 8.35. The average molecular weight is 417 g/mol. The zero-order chi connectivity index (χ0) is 20.1. The minimum atomic E-state index is 0.196. The van der Waals surface area contributed by atoms with Crippen LogP contribution < -0.4 is 15.4 Å². The average Bonchev–Trinajstić information content (AvgIpc) is 3.13. The Morgan fingerprint density at radius 1 is 1.17 bits per heavy atom. The van der Waals surface area contributed by atoms with Crippen LogP contribution in [0.4, 0.5) is 5.95 Å². The van der Waals surface area contributed by atoms with E-state index in [1.807, 2.05) is 13.1 Å². The molecule has 1 aliphatic carbocycles. The Morgan fingerprint density at radius 2 is 1.97 bits per heavy atom. The molecular weight excluding hydrogens is 388 g/mol. The highest BCUT2D eigenvalue weighted by atomic mass is 32.1. The second kappa shape index (κ2) is 9.49. The van der Waals surface area contributed by atoms with E-state index >= 15 is 0 Å². The smallest absolute Gasteiger partial charge is 0.232 e. The molecule has 3 heterocycles. The zero-order valence-corrected chi connectivity index (χ0v) is 17.6. The van der Waals surface area contributed by atoms with Crippen LogP contribution in [0.15, 0.2) is 11.9 Å². The van der Waals surface area contributed by atoms with E-state index in [2.05, 4.69) is 25.0 Å². The van der Waals surface area contributed by atoms with Crippen LogP contribution in [-0.4, -0.2) is 45.9 Å². The molecule has 9 heteroatoms. The van der Waals surface area contributed by atoms with Gasteiger partial charge in [0.25, 0.3) is 0 Å². The van der Waals surface area contributed by atoms with Crippen LogP contribution in [0.5, 0.6) is 5.88 Å². The van der Waals surface area contributed by atoms with Gasteiger partial charge in [-0.25, -0.2) is 0 Å². The minimum absolute atomic E-state index is 0.196. The first-order valence-corrected chi connectivity index (χ1v) is 11.1. The molecule has 156 valence electrons. The standard InChI is InChI=1S/C20H28N6O2S/c1-13-17-18(28-16-5-3-2-4-6-16)24-20(25-19(17)29-26-13)23-15(11-21)12-22-14-7-9-27-10-8-14/h11-12,14,16,21-22H,2-10H2,1H3,(H,23,24,25)/b15-12+,21-11?. The summed E-state index contributed by atoms with van der Waals surface area (Å²) in [6, 6.07) is 0.359. The van der Waals surface area contributed by atoms with E-state index in [1.165, 1.54) is 37.0 Å². The summed E-state index contributed by atoms with van der Waals surface area (Å²) in [5, 5.41) is 15.1. The van der Waals surface area contributed by atoms with Crippen LogP contribution in [0, 0.1) is 12.3 Å². The first kappa shape index (κ1) is 20.0. The Bertz CT molecular complexity index is 871. The monoisotopic (exact) mass is 416 g/mol. The van der Waals surface area contributed by atoms with E-state index in [-0.39, 0.29) is 6.10 Å². The largest absolute Gasteiger partial charge is 0.474 e. The van der Waals surface area contributed by atoms with Crippen LogP contribution in [0.2, 0.25) is 0 Å². The number of fused-ring (bicyclic) bond motifs is 1. The molecule has 1 saturated carbocycles. The predicted octanol–water partition coefficient (Wildman–Crippen LogP) is 3.78. The van der Waals surface area contributed by atoms with Crippen LogP contribution in [0.1, 0.15) is 50.6 Å². The number of rotatable bonds is 7. The van der Waals surface area contributed by atoms with Crippen molar-refractivity contribution in [2.24, 2.45) is 0 Å². The third-order valence-electron chi connectivity index (χ3n) is 5.41. The molecule has 29 heavy (non-hydrogen) atoms. The summed E-state index contributed by atoms with van der Waals surface area (Å²) in [6.45, 7) is 3.50. The molecule has 0 bridgehead atoms. The number of hydrogen-bond donors (Lipinski definition) is 3. The van der Waals surface area contributed by atoms with E-state index in [0.29, 0.717) is 23.6 Å². The van der Waals surface area contributed by atoms with Gasteiger partial charge in [0.1, 0.15) is 6.10 Å². The molecule has 3 N–H and O–H groups in total. The molecule has 2 aromatic rings. The first-order valence-electron chi connectivity index (χ1n) is 10.3. The van der Waals surface area contributed by atoms with Crippen molar-refractivity contribution in [3.63, 3.8) is 0 Å². The molecule has 0 radical (unpaired) electrons. The highest BCUT2D eigenvalue weighted by Crippen LogP contribution is 2.32. The summed E-state index contributed by atoms with van der Waals surface area (Å²) in [6.07, 6.45) is 11.0. The maximum Gasteiger partial charge on any atom is 0.232 e. The van der Waals surface area contributed by atoms with Crippen molar-refractivity contribution in [1.82, 2.24) is 19.7 Å². The van der Waals surface area contributed by atoms with E-state index in [0.717, 1.165) is 54.8 Å². The van der Waals surface area contributed by atoms with Crippen molar-refractivity contribution in [3.05, 3.63) is 17.6 Å². The number of nitrogens with one attached hydrogen (secondary N) is 3. The number of ether oxygens (including phenoxy) is 2. The van der Waals surface area contributed by atoms with Gasteiger partial charge >= 0.3 is 0 Å². The van der Waals surface area contributed by atoms with Crippen molar-refractivity contribution >= 4 is 33.9 Å². The molecule has 0 spiro atoms. The highest BCUT2D eigenvalue weighted by Gasteiger charge is 2.21. The number of aryl methyl sites for hydroxylation is 1. The molecule has 0 amide bonds. The third-order valence-corrected chi connectivity index (χ3v) is 6.24. The fourth-order valence-corrected chi connectivity index (χ4v) is 4.52. The van der Waals surface area contributed by atoms with Gasteiger partial charge in [-0.3, -0.25) is 0 Å². The maximum atomic E-state index is 7.74. The Balaban J connectivity index is 1.53. The number of aromatic nitrogens is 3. The van der Waals surface area contributed by atoms with Crippen LogP contribution in [-0.2, 0) is 4.74 Å². The molecule has 2 aliphatic rings. The molecule has 0 atom stereocenters. The quantitative estimate of drug-likeness (QED) is 0.590. The lowest BCUT2D eigenvalue weighted by molar-refractivity contribution is 0.0812. The van der Waals surface area contributed by atoms with Crippen LogP contribution in [0.3, 0.4) is 0 Å². The maximum absolute atomic E-state index is 7.74. The molecule has 2 fully saturated rings. The van der Waals surface area contributed by atoms with Crippen molar-refractivity contribution in [2.45, 2.75) is 64.0 Å². The Kier molecular flexibility index (Phi) is 6.56. The van der Waals surface area contributed by atoms with Crippen molar-refractivity contribution in [3.8, 4) is 5.88 Å². The van der Waals surface area contributed by atoms with Crippen molar-refractivity contribution in [1.29, 1.82) is 5.41 Å². The number of nitrogens with zero attached hydrogens (tertiary/aromatic N) is 3. The topological polar surface area (TPSA) is 105 Å². The summed E-state index contributed by atoms with van der Waals surface area (Å²) in [4.78, 5) is 10.0. The lowest BCUT2D eigenvalue weighted by Gasteiger charge is -2.23. The fraction of sp³-hybridized carbons (Fsp3) is 0.600. The molecule has 8 nitrogen and oxygen atoms in total. The van der Waals surface area contributed by atoms with Gasteiger partial charge in [0.2, 0.25) is 11.8 Å². The van der Waals surface area contributed by atoms with Gasteiger partial charge in [-0.1, -0.05) is 6.42 Å². The van der Waals surface area contributed by atoms with Crippen LogP contribution in [0.25, 0.3) is 10.2 Å². The van der Waals surface area contributed by atoms with E-state index in [1.54, 1.807) is 0 Å². The number of hydrogen-bond acceptors (Lipinski definition) is 9. The summed E-state index contributed by atoms with van der Waals surface area (Å²) < 4.78 is 16.1. The van der Waals surface area contributed by atoms with Gasteiger partial charge in [0.05, 0.1) is 16.8 Å². The molecule has 1 aliphatic heterocycles. The molecule has 4 rings (SSSR count). The van der Waals surface area contributed by atoms with Gasteiger partial charge in [-0.2, -0.15) is 14.3 Å². The lowest BCUT2D eigenvalue weighted by atomic mass is 9.98. The van der Waals surface area contributed by atoms with Gasteiger partial charge in [0.15, 0.2) is 4.83 Å². The van der Waals surface area contributed by atoms with Gasteiger partial charge in [0, 0.05) is 31.7 Å². The summed E-state index contributed by atoms with van der Waals surface area (Å²) >= 11 is 1.35. The minimum Gasteiger partial charge on any atom is -0.474 e. The molecule has 0 aromatic carbocycles. The normalized spacial score (nSPS) is 19.3. The summed E-state index contributed by atoms with van der Waals surface area (Å²) in [5.74, 6) is 1.02. The molecule has 1 saturated heterocycles. The van der Waals surface area contributed by atoms with E-state index < -0.39 is 0 Å².